The summed E-state index contributed by atoms with van der Waals surface area (Å²) in [5.41, 5.74) is 3.49. The van der Waals surface area contributed by atoms with Gasteiger partial charge in [-0.3, -0.25) is 9.78 Å². The zero-order valence-corrected chi connectivity index (χ0v) is 15.9. The second-order valence-corrected chi connectivity index (χ2v) is 7.30. The molecule has 1 heterocycles. The highest BCUT2D eigenvalue weighted by atomic mass is 16.2. The fraction of sp³-hybridized carbons (Fsp3) is 0.250. The molecule has 0 aliphatic heterocycles. The van der Waals surface area contributed by atoms with Gasteiger partial charge < -0.3 is 10.2 Å². The summed E-state index contributed by atoms with van der Waals surface area (Å²) >= 11 is 0. The number of para-hydroxylation sites is 1. The number of carbonyl (C=O) groups excluding carboxylic acids is 1. The van der Waals surface area contributed by atoms with Gasteiger partial charge in [0.2, 0.25) is 0 Å². The molecule has 1 N–H and O–H groups in total. The number of amides is 1. The maximum Gasteiger partial charge on any atom is 0.260 e. The number of aromatic nitrogens is 1. The molecule has 1 fully saturated rings. The summed E-state index contributed by atoms with van der Waals surface area (Å²) in [4.78, 5) is 19.5. The maximum atomic E-state index is 13.4. The number of nitrogens with zero attached hydrogens (tertiary/aromatic N) is 2. The lowest BCUT2D eigenvalue weighted by Gasteiger charge is -2.23. The van der Waals surface area contributed by atoms with Gasteiger partial charge in [0.15, 0.2) is 0 Å². The minimum absolute atomic E-state index is 0.0439. The van der Waals surface area contributed by atoms with E-state index < -0.39 is 0 Å². The van der Waals surface area contributed by atoms with E-state index in [0.717, 1.165) is 16.9 Å². The van der Waals surface area contributed by atoms with E-state index in [0.29, 0.717) is 18.2 Å². The van der Waals surface area contributed by atoms with Crippen molar-refractivity contribution in [2.45, 2.75) is 38.3 Å². The van der Waals surface area contributed by atoms with Crippen LogP contribution in [0.3, 0.4) is 0 Å². The molecule has 1 saturated carbocycles. The largest absolute Gasteiger partial charge is 0.381 e. The van der Waals surface area contributed by atoms with Gasteiger partial charge in [0.05, 0.1) is 17.8 Å². The van der Waals surface area contributed by atoms with Crippen LogP contribution >= 0.6 is 0 Å². The number of hydrogen-bond acceptors (Lipinski definition) is 3. The quantitative estimate of drug-likeness (QED) is 0.641. The number of carbonyl (C=O) groups is 1. The molecule has 1 aliphatic rings. The fourth-order valence-electron chi connectivity index (χ4n) is 3.75. The Labute approximate surface area is 166 Å². The highest BCUT2D eigenvalue weighted by Crippen LogP contribution is 2.24. The molecular formula is C24H25N3O. The molecule has 1 aliphatic carbocycles. The van der Waals surface area contributed by atoms with Crippen molar-refractivity contribution in [3.8, 4) is 0 Å². The highest BCUT2D eigenvalue weighted by Gasteiger charge is 2.20. The van der Waals surface area contributed by atoms with Gasteiger partial charge in [0.25, 0.3) is 5.91 Å². The van der Waals surface area contributed by atoms with Crippen LogP contribution in [0.4, 0.5) is 11.4 Å². The molecule has 0 atom stereocenters. The number of hydrogen-bond donors (Lipinski definition) is 1. The summed E-state index contributed by atoms with van der Waals surface area (Å²) in [6, 6.07) is 22.3. The van der Waals surface area contributed by atoms with Crippen molar-refractivity contribution in [1.29, 1.82) is 0 Å². The van der Waals surface area contributed by atoms with E-state index in [1.807, 2.05) is 71.6 Å². The van der Waals surface area contributed by atoms with E-state index in [1.54, 1.807) is 12.4 Å². The topological polar surface area (TPSA) is 45.2 Å². The second-order valence-electron chi connectivity index (χ2n) is 7.30. The smallest absolute Gasteiger partial charge is 0.260 e. The Morgan fingerprint density at radius 3 is 2.36 bits per heavy atom. The number of pyridine rings is 1. The maximum absolute atomic E-state index is 13.4. The molecular weight excluding hydrogens is 346 g/mol. The lowest BCUT2D eigenvalue weighted by atomic mass is 10.1. The normalized spacial score (nSPS) is 14.0. The number of nitrogens with one attached hydrogen (secondary N) is 1. The average Bonchev–Trinajstić information content (AvgIpc) is 3.26. The van der Waals surface area contributed by atoms with E-state index in [-0.39, 0.29) is 5.91 Å². The van der Waals surface area contributed by atoms with Crippen LogP contribution in [0.15, 0.2) is 79.1 Å². The van der Waals surface area contributed by atoms with E-state index >= 15 is 0 Å². The fourth-order valence-corrected chi connectivity index (χ4v) is 3.75. The monoisotopic (exact) mass is 371 g/mol. The molecule has 0 bridgehead atoms. The average molecular weight is 371 g/mol. The SMILES string of the molecule is O=C(c1cncc(NC2CCCC2)c1)N(Cc1ccccc1)c1ccccc1. The Bertz CT molecular complexity index is 905. The van der Waals surface area contributed by atoms with Crippen LogP contribution in [0.1, 0.15) is 41.6 Å². The van der Waals surface area contributed by atoms with Gasteiger partial charge in [-0.2, -0.15) is 0 Å². The molecule has 1 aromatic heterocycles. The Morgan fingerprint density at radius 1 is 0.964 bits per heavy atom. The summed E-state index contributed by atoms with van der Waals surface area (Å²) in [5.74, 6) is -0.0439. The van der Waals surface area contributed by atoms with Gasteiger partial charge in [0.1, 0.15) is 0 Å². The van der Waals surface area contributed by atoms with Gasteiger partial charge in [-0.05, 0) is 36.6 Å². The Hall–Kier alpha value is -3.14. The van der Waals surface area contributed by atoms with Crippen molar-refractivity contribution in [1.82, 2.24) is 4.98 Å². The van der Waals surface area contributed by atoms with Crippen molar-refractivity contribution in [2.24, 2.45) is 0 Å². The first-order valence-corrected chi connectivity index (χ1v) is 9.92. The molecule has 0 spiro atoms. The van der Waals surface area contributed by atoms with E-state index in [4.69, 9.17) is 0 Å². The first-order chi connectivity index (χ1) is 13.8. The molecule has 0 saturated heterocycles. The molecule has 1 amide bonds. The molecule has 0 unspecified atom stereocenters. The zero-order chi connectivity index (χ0) is 19.2. The number of anilines is 2. The number of benzene rings is 2. The molecule has 4 nitrogen and oxygen atoms in total. The van der Waals surface area contributed by atoms with Crippen LogP contribution in [-0.2, 0) is 6.54 Å². The molecule has 2 aromatic carbocycles. The Morgan fingerprint density at radius 2 is 1.64 bits per heavy atom. The molecule has 28 heavy (non-hydrogen) atoms. The Kier molecular flexibility index (Phi) is 5.66. The first kappa shape index (κ1) is 18.2. The van der Waals surface area contributed by atoms with Crippen LogP contribution in [0.5, 0.6) is 0 Å². The van der Waals surface area contributed by atoms with E-state index in [2.05, 4.69) is 10.3 Å². The van der Waals surface area contributed by atoms with Crippen LogP contribution < -0.4 is 10.2 Å². The summed E-state index contributed by atoms with van der Waals surface area (Å²) in [5, 5.41) is 3.53. The van der Waals surface area contributed by atoms with E-state index in [9.17, 15) is 4.79 Å². The van der Waals surface area contributed by atoms with Crippen molar-refractivity contribution in [2.75, 3.05) is 10.2 Å². The lowest BCUT2D eigenvalue weighted by molar-refractivity contribution is 0.0985. The van der Waals surface area contributed by atoms with Crippen molar-refractivity contribution < 1.29 is 4.79 Å². The predicted octanol–water partition coefficient (Wildman–Crippen LogP) is 5.28. The van der Waals surface area contributed by atoms with E-state index in [1.165, 1.54) is 25.7 Å². The van der Waals surface area contributed by atoms with Gasteiger partial charge in [-0.15, -0.1) is 0 Å². The van der Waals surface area contributed by atoms with Gasteiger partial charge in [0, 0.05) is 24.1 Å². The van der Waals surface area contributed by atoms with Crippen LogP contribution in [-0.4, -0.2) is 16.9 Å². The van der Waals surface area contributed by atoms with Gasteiger partial charge in [-0.25, -0.2) is 0 Å². The van der Waals surface area contributed by atoms with Crippen LogP contribution in [0, 0.1) is 0 Å². The molecule has 4 heteroatoms. The molecule has 4 rings (SSSR count). The minimum atomic E-state index is -0.0439. The standard InChI is InChI=1S/C24H25N3O/c28-24(20-15-22(17-25-16-20)26-21-11-7-8-12-21)27(23-13-5-2-6-14-23)18-19-9-3-1-4-10-19/h1-6,9-10,13-17,21,26H,7-8,11-12,18H2. The van der Waals surface area contributed by atoms with Crippen LogP contribution in [0.25, 0.3) is 0 Å². The van der Waals surface area contributed by atoms with Crippen molar-refractivity contribution >= 4 is 17.3 Å². The third kappa shape index (κ3) is 4.39. The highest BCUT2D eigenvalue weighted by molar-refractivity contribution is 6.06. The number of rotatable bonds is 6. The molecule has 0 radical (unpaired) electrons. The predicted molar refractivity (Wildman–Crippen MR) is 114 cm³/mol. The summed E-state index contributed by atoms with van der Waals surface area (Å²) in [7, 11) is 0. The summed E-state index contributed by atoms with van der Waals surface area (Å²) in [6.45, 7) is 0.518. The first-order valence-electron chi connectivity index (χ1n) is 9.92. The zero-order valence-electron chi connectivity index (χ0n) is 15.9. The minimum Gasteiger partial charge on any atom is -0.381 e. The molecule has 3 aromatic rings. The summed E-state index contributed by atoms with van der Waals surface area (Å²) < 4.78 is 0. The Balaban J connectivity index is 1.59. The van der Waals surface area contributed by atoms with Gasteiger partial charge >= 0.3 is 0 Å². The third-order valence-corrected chi connectivity index (χ3v) is 5.21. The van der Waals surface area contributed by atoms with Crippen molar-refractivity contribution in [3.05, 3.63) is 90.3 Å². The van der Waals surface area contributed by atoms with Gasteiger partial charge in [-0.1, -0.05) is 61.4 Å². The van der Waals surface area contributed by atoms with Crippen molar-refractivity contribution in [3.63, 3.8) is 0 Å². The molecule has 142 valence electrons. The lowest BCUT2D eigenvalue weighted by Crippen LogP contribution is -2.30. The summed E-state index contributed by atoms with van der Waals surface area (Å²) in [6.07, 6.45) is 8.36. The second kappa shape index (κ2) is 8.70. The third-order valence-electron chi connectivity index (χ3n) is 5.21. The van der Waals surface area contributed by atoms with Crippen LogP contribution in [0.2, 0.25) is 0 Å².